The summed E-state index contributed by atoms with van der Waals surface area (Å²) in [4.78, 5) is 3.58. The van der Waals surface area contributed by atoms with Crippen LogP contribution < -0.4 is 16.4 Å². The molecule has 0 aliphatic heterocycles. The number of hydrogen-bond donors (Lipinski definition) is 3. The number of hydrogen-bond acceptors (Lipinski definition) is 4. The summed E-state index contributed by atoms with van der Waals surface area (Å²) in [5, 5.41) is 5.80. The Hall–Kier alpha value is -0.710. The lowest BCUT2D eigenvalue weighted by molar-refractivity contribution is 0.554. The predicted octanol–water partition coefficient (Wildman–Crippen LogP) is -0.748. The van der Waals surface area contributed by atoms with E-state index in [2.05, 4.69) is 28.9 Å². The molecule has 4 heteroatoms. The molecule has 0 aromatic carbocycles. The van der Waals surface area contributed by atoms with Crippen molar-refractivity contribution in [2.45, 2.75) is 6.17 Å². The van der Waals surface area contributed by atoms with Crippen LogP contribution in [0.25, 0.3) is 0 Å². The van der Waals surface area contributed by atoms with Crippen molar-refractivity contribution in [2.24, 2.45) is 10.7 Å². The zero-order valence-electron chi connectivity index (χ0n) is 6.22. The van der Waals surface area contributed by atoms with Crippen molar-refractivity contribution in [3.63, 3.8) is 0 Å². The molecule has 0 fully saturated rings. The van der Waals surface area contributed by atoms with E-state index in [1.165, 1.54) is 0 Å². The normalized spacial score (nSPS) is 12.6. The molecule has 10 heavy (non-hydrogen) atoms. The number of nitrogens with one attached hydrogen (secondary N) is 2. The average Bonchev–Trinajstić information content (AvgIpc) is 1.98. The molecule has 0 radical (unpaired) electrons. The lowest BCUT2D eigenvalue weighted by Gasteiger charge is -2.11. The van der Waals surface area contributed by atoms with Crippen LogP contribution in [0.3, 0.4) is 0 Å². The highest BCUT2D eigenvalue weighted by Gasteiger charge is 2.00. The summed E-state index contributed by atoms with van der Waals surface area (Å²) in [6, 6.07) is 0. The summed E-state index contributed by atoms with van der Waals surface area (Å²) >= 11 is 0. The smallest absolute Gasteiger partial charge is 0.0988 e. The third kappa shape index (κ3) is 3.34. The van der Waals surface area contributed by atoms with E-state index in [4.69, 9.17) is 5.73 Å². The van der Waals surface area contributed by atoms with Gasteiger partial charge in [0.25, 0.3) is 0 Å². The SMILES string of the molecule is C=NC(=C)C(N)NCNC. The van der Waals surface area contributed by atoms with E-state index in [0.717, 1.165) is 0 Å². The van der Waals surface area contributed by atoms with Crippen LogP contribution in [-0.4, -0.2) is 26.6 Å². The second kappa shape index (κ2) is 5.10. The molecule has 0 aromatic rings. The summed E-state index contributed by atoms with van der Waals surface area (Å²) in [5.74, 6) is 0. The van der Waals surface area contributed by atoms with E-state index in [9.17, 15) is 0 Å². The molecule has 0 bridgehead atoms. The van der Waals surface area contributed by atoms with Gasteiger partial charge in [0.2, 0.25) is 0 Å². The molecule has 0 saturated heterocycles. The van der Waals surface area contributed by atoms with Gasteiger partial charge in [-0.1, -0.05) is 6.58 Å². The molecule has 0 heterocycles. The van der Waals surface area contributed by atoms with Crippen LogP contribution in [0, 0.1) is 0 Å². The Morgan fingerprint density at radius 2 is 2.40 bits per heavy atom. The van der Waals surface area contributed by atoms with Gasteiger partial charge in [-0.2, -0.15) is 0 Å². The maximum Gasteiger partial charge on any atom is 0.0988 e. The van der Waals surface area contributed by atoms with Crippen LogP contribution in [0.5, 0.6) is 0 Å². The molecular weight excluding hydrogens is 128 g/mol. The van der Waals surface area contributed by atoms with Gasteiger partial charge in [-0.15, -0.1) is 0 Å². The van der Waals surface area contributed by atoms with E-state index in [-0.39, 0.29) is 6.17 Å². The van der Waals surface area contributed by atoms with Gasteiger partial charge < -0.3 is 11.1 Å². The van der Waals surface area contributed by atoms with Crippen LogP contribution in [0.15, 0.2) is 17.3 Å². The van der Waals surface area contributed by atoms with Crippen LogP contribution in [0.2, 0.25) is 0 Å². The van der Waals surface area contributed by atoms with Crippen molar-refractivity contribution < 1.29 is 0 Å². The molecule has 0 rings (SSSR count). The summed E-state index contributed by atoms with van der Waals surface area (Å²) in [6.45, 7) is 7.52. The van der Waals surface area contributed by atoms with Crippen molar-refractivity contribution in [2.75, 3.05) is 13.7 Å². The monoisotopic (exact) mass is 142 g/mol. The van der Waals surface area contributed by atoms with Crippen molar-refractivity contribution >= 4 is 6.72 Å². The minimum atomic E-state index is -0.301. The van der Waals surface area contributed by atoms with Gasteiger partial charge >= 0.3 is 0 Å². The minimum absolute atomic E-state index is 0.301. The number of nitrogens with two attached hydrogens (primary N) is 1. The third-order valence-corrected chi connectivity index (χ3v) is 1.06. The van der Waals surface area contributed by atoms with Crippen LogP contribution in [0.4, 0.5) is 0 Å². The quantitative estimate of drug-likeness (QED) is 0.350. The van der Waals surface area contributed by atoms with Gasteiger partial charge in [0, 0.05) is 6.67 Å². The fourth-order valence-electron chi connectivity index (χ4n) is 0.428. The Balaban J connectivity index is 3.51. The van der Waals surface area contributed by atoms with Gasteiger partial charge in [-0.05, 0) is 13.8 Å². The maximum atomic E-state index is 5.53. The van der Waals surface area contributed by atoms with E-state index in [1.54, 1.807) is 0 Å². The zero-order valence-corrected chi connectivity index (χ0v) is 6.22. The molecule has 0 aliphatic carbocycles. The molecule has 1 atom stereocenters. The molecule has 58 valence electrons. The summed E-state index contributed by atoms with van der Waals surface area (Å²) in [5.41, 5.74) is 6.08. The second-order valence-electron chi connectivity index (χ2n) is 1.86. The fraction of sp³-hybridized carbons (Fsp3) is 0.500. The minimum Gasteiger partial charge on any atom is -0.311 e. The highest BCUT2D eigenvalue weighted by atomic mass is 15.1. The molecule has 0 spiro atoms. The zero-order chi connectivity index (χ0) is 7.98. The first kappa shape index (κ1) is 9.29. The summed E-state index contributed by atoms with van der Waals surface area (Å²) in [7, 11) is 1.82. The van der Waals surface area contributed by atoms with Gasteiger partial charge in [-0.25, -0.2) is 0 Å². The molecule has 1 unspecified atom stereocenters. The molecule has 0 aromatic heterocycles. The Labute approximate surface area is 61.2 Å². The summed E-state index contributed by atoms with van der Waals surface area (Å²) < 4.78 is 0. The first-order valence-corrected chi connectivity index (χ1v) is 3.01. The fourth-order valence-corrected chi connectivity index (χ4v) is 0.428. The van der Waals surface area contributed by atoms with Gasteiger partial charge in [0.05, 0.1) is 11.9 Å². The Kier molecular flexibility index (Phi) is 4.74. The maximum absolute atomic E-state index is 5.53. The molecular formula is C6H14N4. The Bertz CT molecular complexity index is 121. The Morgan fingerprint density at radius 3 is 2.80 bits per heavy atom. The van der Waals surface area contributed by atoms with Crippen LogP contribution in [0.1, 0.15) is 0 Å². The molecule has 0 amide bonds. The first-order valence-electron chi connectivity index (χ1n) is 3.01. The molecule has 4 N–H and O–H groups in total. The lowest BCUT2D eigenvalue weighted by atomic mass is 10.4. The van der Waals surface area contributed by atoms with Gasteiger partial charge in [0.15, 0.2) is 0 Å². The van der Waals surface area contributed by atoms with E-state index >= 15 is 0 Å². The van der Waals surface area contributed by atoms with Crippen molar-refractivity contribution in [3.8, 4) is 0 Å². The number of aliphatic imine (C=N–C) groups is 1. The van der Waals surface area contributed by atoms with Crippen molar-refractivity contribution in [1.29, 1.82) is 0 Å². The van der Waals surface area contributed by atoms with E-state index < -0.39 is 0 Å². The Morgan fingerprint density at radius 1 is 1.80 bits per heavy atom. The standard InChI is InChI=1S/C6H14N4/c1-5(9-3)6(7)10-4-8-2/h6,8,10H,1,3-4,7H2,2H3. The number of nitrogens with zero attached hydrogens (tertiary/aromatic N) is 1. The molecule has 0 aliphatic rings. The largest absolute Gasteiger partial charge is 0.311 e. The van der Waals surface area contributed by atoms with Gasteiger partial charge in [-0.3, -0.25) is 10.3 Å². The third-order valence-electron chi connectivity index (χ3n) is 1.06. The first-order chi connectivity index (χ1) is 4.72. The molecule has 4 nitrogen and oxygen atoms in total. The summed E-state index contributed by atoms with van der Waals surface area (Å²) in [6.07, 6.45) is -0.301. The highest BCUT2D eigenvalue weighted by molar-refractivity contribution is 5.29. The number of rotatable bonds is 5. The second-order valence-corrected chi connectivity index (χ2v) is 1.86. The molecule has 0 saturated carbocycles. The average molecular weight is 142 g/mol. The van der Waals surface area contributed by atoms with Crippen LogP contribution in [-0.2, 0) is 0 Å². The van der Waals surface area contributed by atoms with Crippen molar-refractivity contribution in [3.05, 3.63) is 12.3 Å². The topological polar surface area (TPSA) is 62.4 Å². The van der Waals surface area contributed by atoms with E-state index in [1.807, 2.05) is 7.05 Å². The lowest BCUT2D eigenvalue weighted by Crippen LogP contribution is -2.42. The van der Waals surface area contributed by atoms with Gasteiger partial charge in [0.1, 0.15) is 0 Å². The van der Waals surface area contributed by atoms with Crippen molar-refractivity contribution in [1.82, 2.24) is 10.6 Å². The highest BCUT2D eigenvalue weighted by Crippen LogP contribution is 1.91. The van der Waals surface area contributed by atoms with E-state index in [0.29, 0.717) is 12.4 Å². The predicted molar refractivity (Wildman–Crippen MR) is 43.7 cm³/mol. The van der Waals surface area contributed by atoms with Crippen LogP contribution >= 0.6 is 0 Å².